The maximum Gasteiger partial charge on any atom is 0.263 e. The molecular weight excluding hydrogens is 304 g/mol. The summed E-state index contributed by atoms with van der Waals surface area (Å²) in [5.74, 6) is -1.78. The fraction of sp³-hybridized carbons (Fsp3) is 0.312. The van der Waals surface area contributed by atoms with E-state index < -0.39 is 11.6 Å². The maximum absolute atomic E-state index is 13.7. The van der Waals surface area contributed by atoms with Crippen LogP contribution in [0.5, 0.6) is 0 Å². The zero-order valence-corrected chi connectivity index (χ0v) is 12.3. The Morgan fingerprint density at radius 1 is 1.30 bits per heavy atom. The molecule has 3 rings (SSSR count). The Labute approximate surface area is 131 Å². The van der Waals surface area contributed by atoms with Gasteiger partial charge in [0.15, 0.2) is 5.82 Å². The number of carbonyl (C=O) groups is 1. The normalized spacial score (nSPS) is 17.2. The molecule has 0 bridgehead atoms. The third-order valence-electron chi connectivity index (χ3n) is 3.71. The van der Waals surface area contributed by atoms with Crippen molar-refractivity contribution in [2.75, 3.05) is 0 Å². The SMILES string of the molecule is O=C(NCc1noc(-c2c(F)cccc2F)n1)C1CC=CCC1. The maximum atomic E-state index is 13.7. The van der Waals surface area contributed by atoms with Gasteiger partial charge >= 0.3 is 0 Å². The molecule has 1 aliphatic carbocycles. The van der Waals surface area contributed by atoms with E-state index in [1.54, 1.807) is 0 Å². The van der Waals surface area contributed by atoms with Crippen LogP contribution >= 0.6 is 0 Å². The largest absolute Gasteiger partial charge is 0.348 e. The smallest absolute Gasteiger partial charge is 0.263 e. The summed E-state index contributed by atoms with van der Waals surface area (Å²) in [4.78, 5) is 15.9. The van der Waals surface area contributed by atoms with Crippen LogP contribution in [0.3, 0.4) is 0 Å². The molecule has 1 unspecified atom stereocenters. The molecule has 120 valence electrons. The number of allylic oxidation sites excluding steroid dienone is 2. The Morgan fingerprint density at radius 2 is 2.09 bits per heavy atom. The molecule has 0 saturated heterocycles. The van der Waals surface area contributed by atoms with E-state index in [0.717, 1.165) is 25.0 Å². The molecule has 23 heavy (non-hydrogen) atoms. The lowest BCUT2D eigenvalue weighted by atomic mass is 9.94. The average Bonchev–Trinajstić information content (AvgIpc) is 3.02. The monoisotopic (exact) mass is 319 g/mol. The van der Waals surface area contributed by atoms with E-state index in [2.05, 4.69) is 21.5 Å². The quantitative estimate of drug-likeness (QED) is 0.880. The van der Waals surface area contributed by atoms with Crippen LogP contribution in [0.15, 0.2) is 34.9 Å². The van der Waals surface area contributed by atoms with E-state index >= 15 is 0 Å². The van der Waals surface area contributed by atoms with E-state index in [9.17, 15) is 13.6 Å². The highest BCUT2D eigenvalue weighted by molar-refractivity contribution is 5.78. The first kappa shape index (κ1) is 15.3. The van der Waals surface area contributed by atoms with Crippen LogP contribution < -0.4 is 5.32 Å². The molecule has 1 aliphatic rings. The van der Waals surface area contributed by atoms with E-state index in [4.69, 9.17) is 4.52 Å². The van der Waals surface area contributed by atoms with Crippen molar-refractivity contribution in [1.29, 1.82) is 0 Å². The molecule has 7 heteroatoms. The minimum atomic E-state index is -0.779. The van der Waals surface area contributed by atoms with Crippen molar-refractivity contribution in [1.82, 2.24) is 15.5 Å². The Morgan fingerprint density at radius 3 is 2.78 bits per heavy atom. The molecule has 1 heterocycles. The lowest BCUT2D eigenvalue weighted by molar-refractivity contribution is -0.125. The molecule has 0 saturated carbocycles. The van der Waals surface area contributed by atoms with Crippen molar-refractivity contribution in [2.45, 2.75) is 25.8 Å². The number of nitrogens with one attached hydrogen (secondary N) is 1. The summed E-state index contributed by atoms with van der Waals surface area (Å²) in [6, 6.07) is 3.48. The summed E-state index contributed by atoms with van der Waals surface area (Å²) < 4.78 is 32.2. The number of nitrogens with zero attached hydrogens (tertiary/aromatic N) is 2. The Balaban J connectivity index is 1.66. The molecule has 1 amide bonds. The lowest BCUT2D eigenvalue weighted by Gasteiger charge is -2.16. The molecule has 1 N–H and O–H groups in total. The standard InChI is InChI=1S/C16H15F2N3O2/c17-11-7-4-8-12(18)14(11)16-20-13(21-23-16)9-19-15(22)10-5-2-1-3-6-10/h1-2,4,7-8,10H,3,5-6,9H2,(H,19,22). The van der Waals surface area contributed by atoms with Gasteiger partial charge in [-0.1, -0.05) is 23.4 Å². The summed E-state index contributed by atoms with van der Waals surface area (Å²) in [6.07, 6.45) is 6.44. The Hall–Kier alpha value is -2.57. The first-order chi connectivity index (χ1) is 11.1. The van der Waals surface area contributed by atoms with Gasteiger partial charge in [0.05, 0.1) is 6.54 Å². The van der Waals surface area contributed by atoms with Gasteiger partial charge in [0.1, 0.15) is 17.2 Å². The minimum Gasteiger partial charge on any atom is -0.348 e. The van der Waals surface area contributed by atoms with Crippen LogP contribution in [0.25, 0.3) is 11.5 Å². The molecule has 0 spiro atoms. The summed E-state index contributed by atoms with van der Waals surface area (Å²) in [5.41, 5.74) is -0.366. The lowest BCUT2D eigenvalue weighted by Crippen LogP contribution is -2.31. The number of carbonyl (C=O) groups excluding carboxylic acids is 1. The van der Waals surface area contributed by atoms with Crippen molar-refractivity contribution >= 4 is 5.91 Å². The van der Waals surface area contributed by atoms with Gasteiger partial charge in [-0.25, -0.2) is 8.78 Å². The van der Waals surface area contributed by atoms with Crippen molar-refractivity contribution in [3.05, 3.63) is 47.8 Å². The highest BCUT2D eigenvalue weighted by Crippen LogP contribution is 2.24. The molecule has 2 aromatic rings. The van der Waals surface area contributed by atoms with Crippen molar-refractivity contribution in [3.63, 3.8) is 0 Å². The van der Waals surface area contributed by atoms with Crippen LogP contribution in [-0.2, 0) is 11.3 Å². The molecule has 0 radical (unpaired) electrons. The van der Waals surface area contributed by atoms with E-state index in [1.807, 2.05) is 6.08 Å². The number of rotatable bonds is 4. The second kappa shape index (κ2) is 6.68. The number of halogens is 2. The molecule has 5 nitrogen and oxygen atoms in total. The predicted molar refractivity (Wildman–Crippen MR) is 78.0 cm³/mol. The third-order valence-corrected chi connectivity index (χ3v) is 3.71. The van der Waals surface area contributed by atoms with Gasteiger partial charge < -0.3 is 9.84 Å². The van der Waals surface area contributed by atoms with Gasteiger partial charge in [-0.2, -0.15) is 4.98 Å². The fourth-order valence-corrected chi connectivity index (χ4v) is 2.47. The van der Waals surface area contributed by atoms with Gasteiger partial charge in [-0.3, -0.25) is 4.79 Å². The van der Waals surface area contributed by atoms with Gasteiger partial charge in [0.25, 0.3) is 5.89 Å². The van der Waals surface area contributed by atoms with E-state index in [1.165, 1.54) is 6.07 Å². The summed E-state index contributed by atoms with van der Waals surface area (Å²) in [5, 5.41) is 6.36. The second-order valence-electron chi connectivity index (χ2n) is 5.31. The van der Waals surface area contributed by atoms with E-state index in [0.29, 0.717) is 6.42 Å². The number of aromatic nitrogens is 2. The zero-order valence-electron chi connectivity index (χ0n) is 12.3. The molecule has 0 fully saturated rings. The van der Waals surface area contributed by atoms with Crippen LogP contribution in [0.2, 0.25) is 0 Å². The van der Waals surface area contributed by atoms with Gasteiger partial charge in [-0.15, -0.1) is 0 Å². The first-order valence-corrected chi connectivity index (χ1v) is 7.35. The van der Waals surface area contributed by atoms with Gasteiger partial charge in [-0.05, 0) is 31.4 Å². The summed E-state index contributed by atoms with van der Waals surface area (Å²) >= 11 is 0. The zero-order chi connectivity index (χ0) is 16.2. The Bertz CT molecular complexity index is 722. The van der Waals surface area contributed by atoms with Gasteiger partial charge in [0, 0.05) is 5.92 Å². The minimum absolute atomic E-state index is 0.0542. The van der Waals surface area contributed by atoms with Gasteiger partial charge in [0.2, 0.25) is 5.91 Å². The highest BCUT2D eigenvalue weighted by Gasteiger charge is 2.20. The molecule has 1 aromatic carbocycles. The van der Waals surface area contributed by atoms with E-state index in [-0.39, 0.29) is 35.6 Å². The molecule has 1 aromatic heterocycles. The predicted octanol–water partition coefficient (Wildman–Crippen LogP) is 2.99. The third kappa shape index (κ3) is 3.44. The number of hydrogen-bond acceptors (Lipinski definition) is 4. The summed E-state index contributed by atoms with van der Waals surface area (Å²) in [7, 11) is 0. The average molecular weight is 319 g/mol. The highest BCUT2D eigenvalue weighted by atomic mass is 19.1. The number of hydrogen-bond donors (Lipinski definition) is 1. The van der Waals surface area contributed by atoms with Crippen LogP contribution in [0.4, 0.5) is 8.78 Å². The molecule has 0 aliphatic heterocycles. The molecular formula is C16H15F2N3O2. The second-order valence-corrected chi connectivity index (χ2v) is 5.31. The first-order valence-electron chi connectivity index (χ1n) is 7.35. The number of amides is 1. The van der Waals surface area contributed by atoms with Crippen LogP contribution in [0, 0.1) is 17.6 Å². The topological polar surface area (TPSA) is 68.0 Å². The van der Waals surface area contributed by atoms with Crippen molar-refractivity contribution in [2.24, 2.45) is 5.92 Å². The summed E-state index contributed by atoms with van der Waals surface area (Å²) in [6.45, 7) is 0.0542. The van der Waals surface area contributed by atoms with Crippen LogP contribution in [0.1, 0.15) is 25.1 Å². The van der Waals surface area contributed by atoms with Crippen molar-refractivity contribution in [3.8, 4) is 11.5 Å². The Kier molecular flexibility index (Phi) is 4.45. The number of benzene rings is 1. The fourth-order valence-electron chi connectivity index (χ4n) is 2.47. The van der Waals surface area contributed by atoms with Crippen molar-refractivity contribution < 1.29 is 18.1 Å². The van der Waals surface area contributed by atoms with Crippen LogP contribution in [-0.4, -0.2) is 16.0 Å². The molecule has 1 atom stereocenters.